The van der Waals surface area contributed by atoms with E-state index in [9.17, 15) is 9.90 Å². The van der Waals surface area contributed by atoms with Crippen molar-refractivity contribution in [2.45, 2.75) is 63.5 Å². The first-order chi connectivity index (χ1) is 11.3. The van der Waals surface area contributed by atoms with Crippen LogP contribution in [0.25, 0.3) is 0 Å². The summed E-state index contributed by atoms with van der Waals surface area (Å²) in [6.45, 7) is 0.865. The molecule has 1 aromatic heterocycles. The van der Waals surface area contributed by atoms with Gasteiger partial charge in [-0.3, -0.25) is 4.79 Å². The van der Waals surface area contributed by atoms with Gasteiger partial charge in [-0.05, 0) is 49.7 Å². The summed E-state index contributed by atoms with van der Waals surface area (Å²) in [6, 6.07) is 3.78. The van der Waals surface area contributed by atoms with E-state index in [0.29, 0.717) is 35.8 Å². The monoisotopic (exact) mass is 317 g/mol. The number of nitrogens with zero attached hydrogens (tertiary/aromatic N) is 1. The minimum absolute atomic E-state index is 0.159. The second kappa shape index (κ2) is 6.31. The Morgan fingerprint density at radius 2 is 2.04 bits per heavy atom. The molecule has 2 aliphatic carbocycles. The number of fused-ring (bicyclic) bond motifs is 1. The third kappa shape index (κ3) is 2.93. The predicted octanol–water partition coefficient (Wildman–Crippen LogP) is 3.52. The zero-order valence-electron chi connectivity index (χ0n) is 13.7. The lowest BCUT2D eigenvalue weighted by Crippen LogP contribution is -2.42. The number of carbonyl (C=O) groups is 1. The highest BCUT2D eigenvalue weighted by molar-refractivity contribution is 5.83. The van der Waals surface area contributed by atoms with E-state index in [0.717, 1.165) is 25.8 Å². The van der Waals surface area contributed by atoms with Gasteiger partial charge >= 0.3 is 0 Å². The number of amides is 1. The van der Waals surface area contributed by atoms with Crippen LogP contribution >= 0.6 is 0 Å². The molecule has 23 heavy (non-hydrogen) atoms. The van der Waals surface area contributed by atoms with E-state index in [2.05, 4.69) is 4.90 Å². The molecule has 0 spiro atoms. The largest absolute Gasteiger partial charge is 0.467 e. The van der Waals surface area contributed by atoms with Gasteiger partial charge in [-0.2, -0.15) is 0 Å². The van der Waals surface area contributed by atoms with Crippen LogP contribution in [-0.2, 0) is 4.79 Å². The molecule has 0 radical (unpaired) electrons. The summed E-state index contributed by atoms with van der Waals surface area (Å²) in [5, 5.41) is 10.4. The van der Waals surface area contributed by atoms with E-state index >= 15 is 0 Å². The molecule has 0 aromatic carbocycles. The average Bonchev–Trinajstić information content (AvgIpc) is 2.92. The van der Waals surface area contributed by atoms with Gasteiger partial charge in [-0.1, -0.05) is 19.3 Å². The van der Waals surface area contributed by atoms with Crippen molar-refractivity contribution >= 4 is 5.91 Å². The van der Waals surface area contributed by atoms with Crippen LogP contribution in [0.3, 0.4) is 0 Å². The summed E-state index contributed by atoms with van der Waals surface area (Å²) in [5.41, 5.74) is 0. The van der Waals surface area contributed by atoms with Crippen molar-refractivity contribution in [3.05, 3.63) is 24.2 Å². The highest BCUT2D eigenvalue weighted by atomic mass is 16.4. The summed E-state index contributed by atoms with van der Waals surface area (Å²) in [5.74, 6) is 2.62. The Morgan fingerprint density at radius 3 is 2.78 bits per heavy atom. The maximum Gasteiger partial charge on any atom is 0.226 e. The molecule has 4 nitrogen and oxygen atoms in total. The second-order valence-corrected chi connectivity index (χ2v) is 7.59. The molecule has 3 fully saturated rings. The molecule has 1 aliphatic heterocycles. The van der Waals surface area contributed by atoms with Crippen molar-refractivity contribution in [1.82, 2.24) is 4.90 Å². The van der Waals surface area contributed by atoms with Crippen LogP contribution in [0.4, 0.5) is 0 Å². The van der Waals surface area contributed by atoms with Gasteiger partial charge in [-0.15, -0.1) is 0 Å². The van der Waals surface area contributed by atoms with Gasteiger partial charge in [0, 0.05) is 24.9 Å². The Labute approximate surface area is 137 Å². The van der Waals surface area contributed by atoms with Gasteiger partial charge < -0.3 is 14.4 Å². The van der Waals surface area contributed by atoms with Crippen LogP contribution in [0.15, 0.2) is 22.8 Å². The lowest BCUT2D eigenvalue weighted by atomic mass is 10.0. The van der Waals surface area contributed by atoms with Gasteiger partial charge in [0.2, 0.25) is 5.91 Å². The lowest BCUT2D eigenvalue weighted by molar-refractivity contribution is -0.136. The van der Waals surface area contributed by atoms with E-state index in [-0.39, 0.29) is 6.04 Å². The molecule has 1 amide bonds. The van der Waals surface area contributed by atoms with Crippen molar-refractivity contribution in [3.63, 3.8) is 0 Å². The maximum absolute atomic E-state index is 13.0. The molecule has 4 unspecified atom stereocenters. The van der Waals surface area contributed by atoms with Crippen molar-refractivity contribution < 1.29 is 14.3 Å². The van der Waals surface area contributed by atoms with Crippen LogP contribution in [0.1, 0.15) is 63.2 Å². The standard InChI is InChI=1S/C19H27NO3/c21-16(17-9-5-11-23-17)12-13-6-2-1-3-10-20(13)19(22)18-14-7-4-8-15(14)18/h5,9,11,13-16,18,21H,1-4,6-8,10,12H2. The minimum Gasteiger partial charge on any atom is -0.467 e. The van der Waals surface area contributed by atoms with Gasteiger partial charge in [0.25, 0.3) is 0 Å². The molecule has 0 bridgehead atoms. The molecular formula is C19H27NO3. The van der Waals surface area contributed by atoms with E-state index in [1.54, 1.807) is 12.3 Å². The molecule has 126 valence electrons. The number of aliphatic hydroxyl groups excluding tert-OH is 1. The summed E-state index contributed by atoms with van der Waals surface area (Å²) in [4.78, 5) is 15.1. The minimum atomic E-state index is -0.609. The molecule has 1 saturated heterocycles. The van der Waals surface area contributed by atoms with Crippen molar-refractivity contribution in [2.24, 2.45) is 17.8 Å². The van der Waals surface area contributed by atoms with Gasteiger partial charge in [0.1, 0.15) is 11.9 Å². The van der Waals surface area contributed by atoms with E-state index in [1.165, 1.54) is 25.7 Å². The molecular weight excluding hydrogens is 290 g/mol. The molecule has 1 aromatic rings. The fourth-order valence-electron chi connectivity index (χ4n) is 4.95. The van der Waals surface area contributed by atoms with E-state index in [1.807, 2.05) is 6.07 Å². The zero-order valence-corrected chi connectivity index (χ0v) is 13.7. The first-order valence-corrected chi connectivity index (χ1v) is 9.27. The van der Waals surface area contributed by atoms with Crippen LogP contribution < -0.4 is 0 Å². The van der Waals surface area contributed by atoms with Crippen molar-refractivity contribution in [2.75, 3.05) is 6.54 Å². The Morgan fingerprint density at radius 1 is 1.22 bits per heavy atom. The van der Waals surface area contributed by atoms with E-state index < -0.39 is 6.10 Å². The lowest BCUT2D eigenvalue weighted by Gasteiger charge is -2.32. The second-order valence-electron chi connectivity index (χ2n) is 7.59. The van der Waals surface area contributed by atoms with Crippen LogP contribution in [-0.4, -0.2) is 28.5 Å². The summed E-state index contributed by atoms with van der Waals surface area (Å²) in [6.07, 6.45) is 9.82. The smallest absolute Gasteiger partial charge is 0.226 e. The molecule has 2 heterocycles. The Bertz CT molecular complexity index is 531. The Kier molecular flexibility index (Phi) is 4.18. The van der Waals surface area contributed by atoms with Crippen molar-refractivity contribution in [1.29, 1.82) is 0 Å². The quantitative estimate of drug-likeness (QED) is 0.924. The molecule has 1 N–H and O–H groups in total. The Balaban J connectivity index is 1.45. The SMILES string of the molecule is O=C(C1C2CCCC21)N1CCCCCC1CC(O)c1ccco1. The Hall–Kier alpha value is -1.29. The number of hydrogen-bond donors (Lipinski definition) is 1. The third-order valence-corrected chi connectivity index (χ3v) is 6.22. The zero-order chi connectivity index (χ0) is 15.8. The number of aliphatic hydroxyl groups is 1. The number of furan rings is 1. The van der Waals surface area contributed by atoms with Crippen LogP contribution in [0, 0.1) is 17.8 Å². The fourth-order valence-corrected chi connectivity index (χ4v) is 4.95. The number of rotatable bonds is 4. The first kappa shape index (κ1) is 15.3. The molecule has 4 atom stereocenters. The van der Waals surface area contributed by atoms with Crippen LogP contribution in [0.2, 0.25) is 0 Å². The predicted molar refractivity (Wildman–Crippen MR) is 86.6 cm³/mol. The van der Waals surface area contributed by atoms with Gasteiger partial charge in [0.05, 0.1) is 6.26 Å². The van der Waals surface area contributed by atoms with Crippen LogP contribution in [0.5, 0.6) is 0 Å². The molecule has 3 aliphatic rings. The average molecular weight is 317 g/mol. The third-order valence-electron chi connectivity index (χ3n) is 6.22. The fraction of sp³-hybridized carbons (Fsp3) is 0.737. The van der Waals surface area contributed by atoms with Gasteiger partial charge in [0.15, 0.2) is 0 Å². The number of likely N-dealkylation sites (tertiary alicyclic amines) is 1. The molecule has 4 rings (SSSR count). The normalized spacial score (nSPS) is 34.7. The van der Waals surface area contributed by atoms with Crippen molar-refractivity contribution in [3.8, 4) is 0 Å². The first-order valence-electron chi connectivity index (χ1n) is 9.27. The summed E-state index contributed by atoms with van der Waals surface area (Å²) < 4.78 is 5.33. The number of hydrogen-bond acceptors (Lipinski definition) is 3. The highest BCUT2D eigenvalue weighted by Gasteiger charge is 2.57. The number of carbonyl (C=O) groups excluding carboxylic acids is 1. The summed E-state index contributed by atoms with van der Waals surface area (Å²) in [7, 11) is 0. The van der Waals surface area contributed by atoms with Gasteiger partial charge in [-0.25, -0.2) is 0 Å². The van der Waals surface area contributed by atoms with E-state index in [4.69, 9.17) is 4.42 Å². The molecule has 4 heteroatoms. The highest BCUT2D eigenvalue weighted by Crippen LogP contribution is 2.58. The maximum atomic E-state index is 13.0. The molecule has 2 saturated carbocycles. The topological polar surface area (TPSA) is 53.7 Å². The summed E-state index contributed by atoms with van der Waals surface area (Å²) >= 11 is 0.